The number of nitrogens with one attached hydrogen (secondary N) is 2. The van der Waals surface area contributed by atoms with Crippen molar-refractivity contribution in [3.05, 3.63) is 70.8 Å². The monoisotopic (exact) mass is 422 g/mol. The first-order chi connectivity index (χ1) is 14.8. The number of benzene rings is 2. The molecule has 2 aromatic rings. The third-order valence-electron chi connectivity index (χ3n) is 4.50. The Balaban J connectivity index is 2.12. The fourth-order valence-electron chi connectivity index (χ4n) is 2.89. The highest BCUT2D eigenvalue weighted by atomic mass is 16.5. The highest BCUT2D eigenvalue weighted by Gasteiger charge is 2.33. The van der Waals surface area contributed by atoms with Gasteiger partial charge in [0.1, 0.15) is 0 Å². The topological polar surface area (TPSA) is 102 Å². The second-order valence-corrected chi connectivity index (χ2v) is 7.17. The molecular formula is C23H26N4O4. The summed E-state index contributed by atoms with van der Waals surface area (Å²) in [7, 11) is 6.67. The number of nitrogens with zero attached hydrogens (tertiary/aromatic N) is 2. The molecule has 0 radical (unpaired) electrons. The van der Waals surface area contributed by atoms with Gasteiger partial charge in [-0.05, 0) is 56.1 Å². The van der Waals surface area contributed by atoms with Crippen molar-refractivity contribution < 1.29 is 19.6 Å². The normalized spacial score (nSPS) is 11.2. The molecule has 0 saturated carbocycles. The summed E-state index contributed by atoms with van der Waals surface area (Å²) < 4.78 is 0. The largest absolute Gasteiger partial charge is 0.357 e. The number of rotatable bonds is 6. The van der Waals surface area contributed by atoms with Crippen molar-refractivity contribution in [2.75, 3.05) is 28.2 Å². The van der Waals surface area contributed by atoms with E-state index in [0.29, 0.717) is 5.56 Å². The van der Waals surface area contributed by atoms with Gasteiger partial charge >= 0.3 is 0 Å². The van der Waals surface area contributed by atoms with Crippen LogP contribution in [0.3, 0.4) is 0 Å². The fourth-order valence-corrected chi connectivity index (χ4v) is 2.89. The van der Waals surface area contributed by atoms with Crippen LogP contribution in [0.4, 0.5) is 0 Å². The second-order valence-electron chi connectivity index (χ2n) is 7.17. The Labute approximate surface area is 181 Å². The van der Waals surface area contributed by atoms with Crippen LogP contribution in [0.15, 0.2) is 48.5 Å². The predicted molar refractivity (Wildman–Crippen MR) is 116 cm³/mol. The molecule has 0 aliphatic carbocycles. The van der Waals surface area contributed by atoms with Crippen LogP contribution in [0.25, 0.3) is 0 Å². The molecule has 0 saturated heterocycles. The zero-order valence-electron chi connectivity index (χ0n) is 18.0. The van der Waals surface area contributed by atoms with Crippen LogP contribution in [-0.2, 0) is 16.1 Å². The first kappa shape index (κ1) is 23.6. The van der Waals surface area contributed by atoms with E-state index >= 15 is 0 Å². The third kappa shape index (κ3) is 6.40. The van der Waals surface area contributed by atoms with Gasteiger partial charge in [-0.25, -0.2) is 5.48 Å². The molecule has 1 unspecified atom stereocenters. The van der Waals surface area contributed by atoms with Crippen molar-refractivity contribution in [2.45, 2.75) is 12.6 Å². The average molecular weight is 422 g/mol. The summed E-state index contributed by atoms with van der Waals surface area (Å²) in [6.07, 6.45) is 0. The van der Waals surface area contributed by atoms with E-state index in [1.54, 1.807) is 24.3 Å². The number of carbonyl (C=O) groups is 3. The van der Waals surface area contributed by atoms with E-state index in [-0.39, 0.29) is 5.56 Å². The molecule has 2 aromatic carbocycles. The molecule has 0 spiro atoms. The molecule has 2 rings (SSSR count). The van der Waals surface area contributed by atoms with Gasteiger partial charge in [0.05, 0.1) is 0 Å². The quantitative estimate of drug-likeness (QED) is 0.277. The van der Waals surface area contributed by atoms with Gasteiger partial charge in [-0.15, -0.1) is 0 Å². The Morgan fingerprint density at radius 3 is 1.87 bits per heavy atom. The van der Waals surface area contributed by atoms with Gasteiger partial charge in [0.15, 0.2) is 6.04 Å². The van der Waals surface area contributed by atoms with E-state index in [1.807, 2.05) is 38.4 Å². The van der Waals surface area contributed by atoms with Crippen LogP contribution in [-0.4, -0.2) is 67.0 Å². The number of hydrogen-bond donors (Lipinski definition) is 3. The highest BCUT2D eigenvalue weighted by Crippen LogP contribution is 2.10. The second kappa shape index (κ2) is 10.9. The van der Waals surface area contributed by atoms with Crippen molar-refractivity contribution in [3.8, 4) is 11.8 Å². The lowest BCUT2D eigenvalue weighted by Gasteiger charge is -2.25. The number of amides is 3. The minimum Gasteiger partial charge on any atom is -0.357 e. The lowest BCUT2D eigenvalue weighted by molar-refractivity contribution is -0.140. The molecule has 8 nitrogen and oxygen atoms in total. The van der Waals surface area contributed by atoms with Gasteiger partial charge in [0.2, 0.25) is 0 Å². The van der Waals surface area contributed by atoms with Crippen LogP contribution >= 0.6 is 0 Å². The summed E-state index contributed by atoms with van der Waals surface area (Å²) in [6, 6.07) is 13.0. The summed E-state index contributed by atoms with van der Waals surface area (Å²) in [5.74, 6) is 3.86. The molecule has 0 heterocycles. The Hall–Kier alpha value is -3.67. The minimum absolute atomic E-state index is 0.278. The molecule has 0 aromatic heterocycles. The first-order valence-corrected chi connectivity index (χ1v) is 9.55. The van der Waals surface area contributed by atoms with Gasteiger partial charge in [-0.3, -0.25) is 19.6 Å². The highest BCUT2D eigenvalue weighted by molar-refractivity contribution is 6.08. The van der Waals surface area contributed by atoms with E-state index in [2.05, 4.69) is 22.1 Å². The van der Waals surface area contributed by atoms with Crippen molar-refractivity contribution in [1.82, 2.24) is 20.6 Å². The fraction of sp³-hybridized carbons (Fsp3) is 0.261. The molecule has 3 amide bonds. The van der Waals surface area contributed by atoms with E-state index < -0.39 is 23.8 Å². The summed E-state index contributed by atoms with van der Waals surface area (Å²) in [5, 5.41) is 11.2. The van der Waals surface area contributed by atoms with Crippen LogP contribution in [0.2, 0.25) is 0 Å². The predicted octanol–water partition coefficient (Wildman–Crippen LogP) is 0.840. The summed E-state index contributed by atoms with van der Waals surface area (Å²) in [6.45, 7) is 0.860. The maximum atomic E-state index is 12.7. The first-order valence-electron chi connectivity index (χ1n) is 9.55. The van der Waals surface area contributed by atoms with Gasteiger partial charge in [-0.1, -0.05) is 24.0 Å². The van der Waals surface area contributed by atoms with Crippen LogP contribution in [0.5, 0.6) is 0 Å². The van der Waals surface area contributed by atoms with Crippen molar-refractivity contribution in [2.24, 2.45) is 0 Å². The zero-order valence-corrected chi connectivity index (χ0v) is 18.0. The Kier molecular flexibility index (Phi) is 8.32. The van der Waals surface area contributed by atoms with E-state index in [1.165, 1.54) is 25.1 Å². The summed E-state index contributed by atoms with van der Waals surface area (Å²) >= 11 is 0. The van der Waals surface area contributed by atoms with Gasteiger partial charge in [0, 0.05) is 37.3 Å². The number of likely N-dealkylation sites (N-methyl/N-ethyl adjacent to an activating group) is 2. The molecule has 0 aliphatic rings. The molecule has 0 bridgehead atoms. The van der Waals surface area contributed by atoms with Gasteiger partial charge in [-0.2, -0.15) is 0 Å². The smallest absolute Gasteiger partial charge is 0.275 e. The van der Waals surface area contributed by atoms with Crippen molar-refractivity contribution in [3.63, 3.8) is 0 Å². The molecule has 162 valence electrons. The summed E-state index contributed by atoms with van der Waals surface area (Å²) in [5.41, 5.74) is 4.48. The maximum absolute atomic E-state index is 12.7. The molecule has 0 fully saturated rings. The number of carbonyl (C=O) groups excluding carboxylic acids is 3. The Bertz CT molecular complexity index is 973. The zero-order chi connectivity index (χ0) is 23.0. The lowest BCUT2D eigenvalue weighted by Crippen LogP contribution is -2.54. The Morgan fingerprint density at radius 2 is 1.42 bits per heavy atom. The molecule has 8 heteroatoms. The molecule has 0 aliphatic heterocycles. The standard InChI is InChI=1S/C23H26N4O4/c1-24-21(28)20(22(29)25-31)27(4)23(30)19-13-11-17(12-14-19)6-5-16-7-9-18(10-8-16)15-26(2)3/h7-14,20,31H,15H2,1-4H3,(H,24,28)(H,25,29). The average Bonchev–Trinajstić information content (AvgIpc) is 2.77. The van der Waals surface area contributed by atoms with E-state index in [0.717, 1.165) is 17.0 Å². The minimum atomic E-state index is -1.50. The molecule has 1 atom stereocenters. The van der Waals surface area contributed by atoms with Gasteiger partial charge < -0.3 is 15.1 Å². The van der Waals surface area contributed by atoms with Crippen molar-refractivity contribution in [1.29, 1.82) is 0 Å². The Morgan fingerprint density at radius 1 is 0.903 bits per heavy atom. The maximum Gasteiger partial charge on any atom is 0.275 e. The number of hydrogen-bond acceptors (Lipinski definition) is 5. The van der Waals surface area contributed by atoms with Crippen LogP contribution in [0.1, 0.15) is 27.0 Å². The van der Waals surface area contributed by atoms with E-state index in [4.69, 9.17) is 5.21 Å². The summed E-state index contributed by atoms with van der Waals surface area (Å²) in [4.78, 5) is 39.5. The molecule has 3 N–H and O–H groups in total. The molecule has 31 heavy (non-hydrogen) atoms. The lowest BCUT2D eigenvalue weighted by atomic mass is 10.1. The molecular weight excluding hydrogens is 396 g/mol. The number of hydroxylamine groups is 1. The van der Waals surface area contributed by atoms with E-state index in [9.17, 15) is 14.4 Å². The van der Waals surface area contributed by atoms with Crippen molar-refractivity contribution >= 4 is 17.7 Å². The van der Waals surface area contributed by atoms with Crippen LogP contribution < -0.4 is 10.8 Å². The third-order valence-corrected chi connectivity index (χ3v) is 4.50. The van der Waals surface area contributed by atoms with Crippen LogP contribution in [0, 0.1) is 11.8 Å². The van der Waals surface area contributed by atoms with Gasteiger partial charge in [0.25, 0.3) is 17.7 Å². The SMILES string of the molecule is CNC(=O)C(C(=O)NO)N(C)C(=O)c1ccc(C#Cc2ccc(CN(C)C)cc2)cc1.